The van der Waals surface area contributed by atoms with Crippen molar-refractivity contribution in [3.05, 3.63) is 47.5 Å². The zero-order valence-corrected chi connectivity index (χ0v) is 17.8. The van der Waals surface area contributed by atoms with E-state index in [1.54, 1.807) is 5.57 Å². The van der Waals surface area contributed by atoms with Gasteiger partial charge in [-0.25, -0.2) is 0 Å². The van der Waals surface area contributed by atoms with Crippen LogP contribution in [0.25, 0.3) is 0 Å². The monoisotopic (exact) mass is 385 g/mol. The van der Waals surface area contributed by atoms with Crippen LogP contribution in [-0.2, 0) is 6.42 Å². The Morgan fingerprint density at radius 1 is 1.11 bits per heavy atom. The molecule has 0 saturated heterocycles. The Morgan fingerprint density at radius 2 is 1.89 bits per heavy atom. The Balaban J connectivity index is 1.40. The molecule has 1 fully saturated rings. The first-order valence-corrected chi connectivity index (χ1v) is 11.3. The summed E-state index contributed by atoms with van der Waals surface area (Å²) in [5.74, 6) is 1.54. The Morgan fingerprint density at radius 3 is 2.64 bits per heavy atom. The molecule has 3 nitrogen and oxygen atoms in total. The van der Waals surface area contributed by atoms with Gasteiger partial charge in [-0.3, -0.25) is 0 Å². The fourth-order valence-electron chi connectivity index (χ4n) is 5.32. The molecular weight excluding hydrogens is 346 g/mol. The number of hydrogen-bond donors (Lipinski definition) is 2. The maximum Gasteiger partial charge on any atom is 0.0580 e. The molecule has 5 atom stereocenters. The van der Waals surface area contributed by atoms with Crippen molar-refractivity contribution in [2.24, 2.45) is 17.8 Å². The summed E-state index contributed by atoms with van der Waals surface area (Å²) in [5.41, 5.74) is 2.82. The van der Waals surface area contributed by atoms with E-state index in [4.69, 9.17) is 0 Å². The normalized spacial score (nSPS) is 27.8. The molecule has 0 aromatic heterocycles. The third-order valence-corrected chi connectivity index (χ3v) is 6.81. The number of benzene rings is 1. The van der Waals surface area contributed by atoms with Gasteiger partial charge in [-0.1, -0.05) is 48.4 Å². The third kappa shape index (κ3) is 6.17. The van der Waals surface area contributed by atoms with E-state index < -0.39 is 0 Å². The van der Waals surface area contributed by atoms with Gasteiger partial charge in [0.1, 0.15) is 0 Å². The molecule has 28 heavy (non-hydrogen) atoms. The Hall–Kier alpha value is -1.16. The number of aliphatic hydroxyl groups is 2. The number of aliphatic hydroxyl groups excluding tert-OH is 2. The van der Waals surface area contributed by atoms with Gasteiger partial charge < -0.3 is 15.1 Å². The lowest BCUT2D eigenvalue weighted by Crippen LogP contribution is -2.22. The summed E-state index contributed by atoms with van der Waals surface area (Å²) in [6.45, 7) is 1.18. The number of allylic oxidation sites excluding steroid dienone is 2. The molecule has 1 aromatic carbocycles. The van der Waals surface area contributed by atoms with Crippen molar-refractivity contribution in [3.63, 3.8) is 0 Å². The van der Waals surface area contributed by atoms with Gasteiger partial charge in [-0.05, 0) is 95.3 Å². The van der Waals surface area contributed by atoms with Gasteiger partial charge in [-0.2, -0.15) is 0 Å². The molecule has 0 heterocycles. The van der Waals surface area contributed by atoms with Crippen LogP contribution < -0.4 is 0 Å². The minimum Gasteiger partial charge on any atom is -0.393 e. The summed E-state index contributed by atoms with van der Waals surface area (Å²) in [5, 5.41) is 21.0. The second-order valence-corrected chi connectivity index (χ2v) is 9.36. The number of unbranched alkanes of at least 4 members (excludes halogenated alkanes) is 2. The molecule has 0 radical (unpaired) electrons. The summed E-state index contributed by atoms with van der Waals surface area (Å²) < 4.78 is 0. The van der Waals surface area contributed by atoms with E-state index in [0.717, 1.165) is 19.3 Å². The van der Waals surface area contributed by atoms with Crippen LogP contribution in [0.3, 0.4) is 0 Å². The first-order valence-electron chi connectivity index (χ1n) is 11.3. The van der Waals surface area contributed by atoms with Gasteiger partial charge in [0.2, 0.25) is 0 Å². The van der Waals surface area contributed by atoms with Crippen LogP contribution in [-0.4, -0.2) is 48.0 Å². The number of hydrogen-bond acceptors (Lipinski definition) is 3. The van der Waals surface area contributed by atoms with Crippen LogP contribution in [0.4, 0.5) is 0 Å². The van der Waals surface area contributed by atoms with Gasteiger partial charge in [0.05, 0.1) is 12.2 Å². The van der Waals surface area contributed by atoms with E-state index in [2.05, 4.69) is 37.2 Å². The molecule has 0 amide bonds. The molecular formula is C25H39NO2. The van der Waals surface area contributed by atoms with E-state index in [-0.39, 0.29) is 12.2 Å². The summed E-state index contributed by atoms with van der Waals surface area (Å²) in [6, 6.07) is 10.2. The average Bonchev–Trinajstić information content (AvgIpc) is 3.16. The minimum absolute atomic E-state index is 0.184. The Bertz CT molecular complexity index is 612. The quantitative estimate of drug-likeness (QED) is 0.437. The molecule has 156 valence electrons. The van der Waals surface area contributed by atoms with Crippen LogP contribution in [0, 0.1) is 17.8 Å². The number of fused-ring (bicyclic) bond motifs is 1. The number of rotatable bonds is 11. The molecule has 2 aliphatic carbocycles. The Kier molecular flexibility index (Phi) is 8.13. The molecule has 1 aromatic rings. The maximum atomic E-state index is 10.6. The first-order chi connectivity index (χ1) is 13.5. The maximum absolute atomic E-state index is 10.6. The van der Waals surface area contributed by atoms with Crippen molar-refractivity contribution < 1.29 is 10.2 Å². The highest BCUT2D eigenvalue weighted by Crippen LogP contribution is 2.49. The largest absolute Gasteiger partial charge is 0.393 e. The van der Waals surface area contributed by atoms with Crippen molar-refractivity contribution in [1.82, 2.24) is 4.90 Å². The molecule has 0 unspecified atom stereocenters. The lowest BCUT2D eigenvalue weighted by Gasteiger charge is -2.23. The zero-order valence-electron chi connectivity index (χ0n) is 17.8. The van der Waals surface area contributed by atoms with Crippen molar-refractivity contribution in [1.29, 1.82) is 0 Å². The number of nitrogens with zero attached hydrogens (tertiary/aromatic N) is 1. The van der Waals surface area contributed by atoms with Crippen LogP contribution in [0.1, 0.15) is 56.9 Å². The van der Waals surface area contributed by atoms with Crippen LogP contribution >= 0.6 is 0 Å². The molecule has 2 aliphatic rings. The van der Waals surface area contributed by atoms with Crippen molar-refractivity contribution >= 4 is 0 Å². The summed E-state index contributed by atoms with van der Waals surface area (Å²) in [6.07, 6.45) is 11.7. The van der Waals surface area contributed by atoms with Crippen LogP contribution in [0.5, 0.6) is 0 Å². The second-order valence-electron chi connectivity index (χ2n) is 9.36. The lowest BCUT2D eigenvalue weighted by atomic mass is 9.85. The summed E-state index contributed by atoms with van der Waals surface area (Å²) in [4.78, 5) is 2.26. The minimum atomic E-state index is -0.306. The van der Waals surface area contributed by atoms with Crippen LogP contribution in [0.15, 0.2) is 42.0 Å². The summed E-state index contributed by atoms with van der Waals surface area (Å²) >= 11 is 0. The van der Waals surface area contributed by atoms with Gasteiger partial charge in [0.15, 0.2) is 0 Å². The van der Waals surface area contributed by atoms with Gasteiger partial charge in [0, 0.05) is 0 Å². The third-order valence-electron chi connectivity index (χ3n) is 6.81. The highest BCUT2D eigenvalue weighted by molar-refractivity contribution is 5.18. The van der Waals surface area contributed by atoms with E-state index in [9.17, 15) is 10.2 Å². The fourth-order valence-corrected chi connectivity index (χ4v) is 5.32. The average molecular weight is 386 g/mol. The van der Waals surface area contributed by atoms with Gasteiger partial charge >= 0.3 is 0 Å². The molecule has 1 saturated carbocycles. The van der Waals surface area contributed by atoms with E-state index in [1.165, 1.54) is 44.2 Å². The molecule has 2 N–H and O–H groups in total. The molecule has 3 heteroatoms. The van der Waals surface area contributed by atoms with Crippen molar-refractivity contribution in [2.45, 2.75) is 70.0 Å². The van der Waals surface area contributed by atoms with Gasteiger partial charge in [-0.15, -0.1) is 0 Å². The first kappa shape index (κ1) is 21.5. The Labute approximate surface area is 171 Å². The standard InChI is InChI=1S/C25H39NO2/c1-26(2)14-8-4-7-11-20-15-21-18-25(28)23(24(21)17-20)13-12-22(27)16-19-9-5-3-6-10-19/h3,5-6,9-10,15,21-25,27-28H,4,7-8,11-14,16-18H2,1-2H3/t21-,22-,23+,24-,25+/m0/s1. The van der Waals surface area contributed by atoms with Crippen molar-refractivity contribution in [2.75, 3.05) is 20.6 Å². The molecule has 3 rings (SSSR count). The van der Waals surface area contributed by atoms with Crippen molar-refractivity contribution in [3.8, 4) is 0 Å². The predicted octanol–water partition coefficient (Wildman–Crippen LogP) is 4.44. The van der Waals surface area contributed by atoms with E-state index >= 15 is 0 Å². The SMILES string of the molecule is CN(C)CCCCCC1=C[C@H]2C[C@@H](O)[C@H](CC[C@H](O)Cc3ccccc3)[C@H]2C1. The van der Waals surface area contributed by atoms with E-state index in [0.29, 0.717) is 24.2 Å². The zero-order chi connectivity index (χ0) is 19.9. The molecule has 0 spiro atoms. The lowest BCUT2D eigenvalue weighted by molar-refractivity contribution is 0.0909. The smallest absolute Gasteiger partial charge is 0.0580 e. The van der Waals surface area contributed by atoms with Crippen LogP contribution in [0.2, 0.25) is 0 Å². The fraction of sp³-hybridized carbons (Fsp3) is 0.680. The second kappa shape index (κ2) is 10.6. The highest BCUT2D eigenvalue weighted by Gasteiger charge is 2.44. The topological polar surface area (TPSA) is 43.7 Å². The molecule has 0 bridgehead atoms. The van der Waals surface area contributed by atoms with E-state index in [1.807, 2.05) is 18.2 Å². The highest BCUT2D eigenvalue weighted by atomic mass is 16.3. The predicted molar refractivity (Wildman–Crippen MR) is 116 cm³/mol. The van der Waals surface area contributed by atoms with Gasteiger partial charge in [0.25, 0.3) is 0 Å². The summed E-state index contributed by atoms with van der Waals surface area (Å²) in [7, 11) is 4.28. The molecule has 0 aliphatic heterocycles.